The molecule has 164 valence electrons. The Morgan fingerprint density at radius 1 is 0.593 bits per heavy atom. The third-order valence-electron chi connectivity index (χ3n) is 3.46. The van der Waals surface area contributed by atoms with Crippen LogP contribution < -0.4 is 0 Å². The van der Waals surface area contributed by atoms with Gasteiger partial charge in [0.2, 0.25) is 0 Å². The molecule has 2 atom stereocenters. The first-order valence-corrected chi connectivity index (χ1v) is 16.3. The lowest BCUT2D eigenvalue weighted by atomic mass is 10.2. The first-order chi connectivity index (χ1) is 12.8. The van der Waals surface area contributed by atoms with Crippen LogP contribution in [0.3, 0.4) is 0 Å². The van der Waals surface area contributed by atoms with Gasteiger partial charge in [0, 0.05) is 24.8 Å². The van der Waals surface area contributed by atoms with Crippen molar-refractivity contribution in [3.63, 3.8) is 0 Å². The van der Waals surface area contributed by atoms with E-state index in [1.54, 1.807) is 0 Å². The highest BCUT2D eigenvalue weighted by Gasteiger charge is 2.15. The van der Waals surface area contributed by atoms with Crippen LogP contribution in [0.2, 0.25) is 0 Å². The Balaban J connectivity index is 3.26. The third kappa shape index (κ3) is 20.1. The molecule has 0 saturated carbocycles. The van der Waals surface area contributed by atoms with Crippen molar-refractivity contribution in [2.45, 2.75) is 58.8 Å². The van der Waals surface area contributed by atoms with E-state index in [9.17, 15) is 9.13 Å². The predicted octanol–water partition coefficient (Wildman–Crippen LogP) is 6.85. The highest BCUT2D eigenvalue weighted by molar-refractivity contribution is 8.76. The van der Waals surface area contributed by atoms with Crippen LogP contribution in [0.1, 0.15) is 58.8 Å². The molecule has 0 saturated heterocycles. The summed E-state index contributed by atoms with van der Waals surface area (Å²) >= 11 is 0. The number of unbranched alkanes of at least 4 members (excludes halogenated alkanes) is 5. The summed E-state index contributed by atoms with van der Waals surface area (Å²) in [5, 5.41) is 0. The maximum atomic E-state index is 11.7. The molecule has 27 heavy (non-hydrogen) atoms. The van der Waals surface area contributed by atoms with Crippen LogP contribution in [-0.4, -0.2) is 51.3 Å². The number of hydrogen-bond donors (Lipinski definition) is 0. The summed E-state index contributed by atoms with van der Waals surface area (Å²) in [5.41, 5.74) is 0. The van der Waals surface area contributed by atoms with E-state index in [-0.39, 0.29) is 0 Å². The average molecular weight is 465 g/mol. The second-order valence-electron chi connectivity index (χ2n) is 6.16. The summed E-state index contributed by atoms with van der Waals surface area (Å²) in [6, 6.07) is 0. The normalized spacial score (nSPS) is 16.1. The first kappa shape index (κ1) is 28.0. The lowest BCUT2D eigenvalue weighted by Crippen LogP contribution is -1.96. The van der Waals surface area contributed by atoms with E-state index in [1.165, 1.54) is 26.2 Å². The Labute approximate surface area is 174 Å². The molecule has 0 heterocycles. The molecule has 0 aromatic rings. The standard InChI is InChI=1S/C17H38O6P2S2/c1-5-20-24(3,18)22-14-10-7-8-12-16-26-27-17-13-9-11-15-23-25(4,19)21-6-2/h5-17H2,1-4H3. The molecule has 0 rings (SSSR count). The maximum Gasteiger partial charge on any atom is 0.327 e. The van der Waals surface area contributed by atoms with Gasteiger partial charge in [0.25, 0.3) is 0 Å². The van der Waals surface area contributed by atoms with E-state index in [4.69, 9.17) is 18.1 Å². The molecule has 6 nitrogen and oxygen atoms in total. The zero-order valence-electron chi connectivity index (χ0n) is 17.4. The smallest absolute Gasteiger partial charge is 0.309 e. The van der Waals surface area contributed by atoms with Gasteiger partial charge in [-0.2, -0.15) is 0 Å². The molecule has 0 spiro atoms. The fourth-order valence-electron chi connectivity index (χ4n) is 2.18. The van der Waals surface area contributed by atoms with Gasteiger partial charge in [0.05, 0.1) is 26.4 Å². The quantitative estimate of drug-likeness (QED) is 0.110. The van der Waals surface area contributed by atoms with Gasteiger partial charge in [-0.1, -0.05) is 40.9 Å². The zero-order chi connectivity index (χ0) is 20.4. The Kier molecular flexibility index (Phi) is 18.5. The molecule has 0 aromatic heterocycles. The Morgan fingerprint density at radius 3 is 1.37 bits per heavy atom. The fraction of sp³-hybridized carbons (Fsp3) is 1.00. The van der Waals surface area contributed by atoms with Crippen LogP contribution in [0.15, 0.2) is 0 Å². The van der Waals surface area contributed by atoms with Crippen LogP contribution >= 0.6 is 36.8 Å². The Bertz CT molecular complexity index is 402. The van der Waals surface area contributed by atoms with Crippen molar-refractivity contribution in [3.8, 4) is 0 Å². The van der Waals surface area contributed by atoms with E-state index in [0.29, 0.717) is 26.4 Å². The van der Waals surface area contributed by atoms with Crippen molar-refractivity contribution in [3.05, 3.63) is 0 Å². The molecule has 10 heteroatoms. The molecule has 2 unspecified atom stereocenters. The van der Waals surface area contributed by atoms with Crippen LogP contribution in [0.4, 0.5) is 0 Å². The van der Waals surface area contributed by atoms with Gasteiger partial charge in [0.15, 0.2) is 0 Å². The van der Waals surface area contributed by atoms with Crippen LogP contribution in [0, 0.1) is 0 Å². The highest BCUT2D eigenvalue weighted by Crippen LogP contribution is 2.44. The lowest BCUT2D eigenvalue weighted by molar-refractivity contribution is 0.212. The van der Waals surface area contributed by atoms with Gasteiger partial charge in [-0.25, -0.2) is 0 Å². The fourth-order valence-corrected chi connectivity index (χ4v) is 6.48. The van der Waals surface area contributed by atoms with Gasteiger partial charge in [-0.3, -0.25) is 9.13 Å². The minimum atomic E-state index is -2.83. The van der Waals surface area contributed by atoms with Crippen molar-refractivity contribution in [2.24, 2.45) is 0 Å². The van der Waals surface area contributed by atoms with E-state index in [0.717, 1.165) is 43.6 Å². The maximum absolute atomic E-state index is 11.7. The largest absolute Gasteiger partial charge is 0.327 e. The molecular formula is C17H38O6P2S2. The predicted molar refractivity (Wildman–Crippen MR) is 119 cm³/mol. The topological polar surface area (TPSA) is 71.1 Å². The van der Waals surface area contributed by atoms with E-state index in [2.05, 4.69) is 0 Å². The summed E-state index contributed by atoms with van der Waals surface area (Å²) in [4.78, 5) is 0. The highest BCUT2D eigenvalue weighted by atomic mass is 33.1. The van der Waals surface area contributed by atoms with Gasteiger partial charge < -0.3 is 18.1 Å². The molecule has 0 bridgehead atoms. The SMILES string of the molecule is CCOP(C)(=O)OCCCCCCSSCCCCCOP(C)(=O)OCC. The van der Waals surface area contributed by atoms with Gasteiger partial charge in [-0.05, 0) is 39.5 Å². The summed E-state index contributed by atoms with van der Waals surface area (Å²) in [7, 11) is -1.80. The number of hydrogen-bond acceptors (Lipinski definition) is 8. The van der Waals surface area contributed by atoms with Crippen molar-refractivity contribution >= 4 is 36.8 Å². The molecule has 0 radical (unpaired) electrons. The summed E-state index contributed by atoms with van der Waals surface area (Å²) in [5.74, 6) is 2.30. The van der Waals surface area contributed by atoms with Crippen molar-refractivity contribution < 1.29 is 27.2 Å². The molecule has 0 N–H and O–H groups in total. The molecule has 0 aliphatic rings. The molecule has 0 aromatic carbocycles. The average Bonchev–Trinajstić information content (AvgIpc) is 2.58. The van der Waals surface area contributed by atoms with E-state index >= 15 is 0 Å². The monoisotopic (exact) mass is 464 g/mol. The molecule has 0 aliphatic heterocycles. The summed E-state index contributed by atoms with van der Waals surface area (Å²) in [6.07, 6.45) is 7.56. The van der Waals surface area contributed by atoms with Crippen molar-refractivity contribution in [2.75, 3.05) is 51.3 Å². The molecular weight excluding hydrogens is 426 g/mol. The van der Waals surface area contributed by atoms with Gasteiger partial charge in [-0.15, -0.1) is 0 Å². The second-order valence-corrected chi connectivity index (χ2v) is 13.0. The van der Waals surface area contributed by atoms with E-state index in [1.807, 2.05) is 35.4 Å². The second kappa shape index (κ2) is 17.8. The molecule has 0 amide bonds. The summed E-state index contributed by atoms with van der Waals surface area (Å²) in [6.45, 7) is 8.55. The Morgan fingerprint density at radius 2 is 0.963 bits per heavy atom. The minimum absolute atomic E-state index is 0.421. The summed E-state index contributed by atoms with van der Waals surface area (Å²) < 4.78 is 44.2. The minimum Gasteiger partial charge on any atom is -0.309 e. The lowest BCUT2D eigenvalue weighted by Gasteiger charge is -2.12. The third-order valence-corrected chi connectivity index (χ3v) is 8.79. The van der Waals surface area contributed by atoms with Crippen LogP contribution in [0.5, 0.6) is 0 Å². The van der Waals surface area contributed by atoms with Gasteiger partial charge in [0.1, 0.15) is 0 Å². The molecule has 0 aliphatic carbocycles. The van der Waals surface area contributed by atoms with E-state index < -0.39 is 15.2 Å². The Hall–Kier alpha value is 1.00. The van der Waals surface area contributed by atoms with Crippen molar-refractivity contribution in [1.29, 1.82) is 0 Å². The number of rotatable bonds is 20. The van der Waals surface area contributed by atoms with Crippen molar-refractivity contribution in [1.82, 2.24) is 0 Å². The van der Waals surface area contributed by atoms with Gasteiger partial charge >= 0.3 is 15.2 Å². The van der Waals surface area contributed by atoms with Crippen LogP contribution in [-0.2, 0) is 27.2 Å². The zero-order valence-corrected chi connectivity index (χ0v) is 20.8. The first-order valence-electron chi connectivity index (χ1n) is 9.80. The van der Waals surface area contributed by atoms with Crippen LogP contribution in [0.25, 0.3) is 0 Å². The molecule has 0 fully saturated rings.